The maximum absolute atomic E-state index is 11.6. The number of rotatable bonds is 8. The molecular weight excluding hydrogens is 208 g/mol. The molecule has 0 aliphatic rings. The molecule has 0 atom stereocenters. The van der Waals surface area contributed by atoms with Gasteiger partial charge in [-0.05, 0) is 45.7 Å². The summed E-state index contributed by atoms with van der Waals surface area (Å²) in [6.07, 6.45) is 5.64. The highest BCUT2D eigenvalue weighted by molar-refractivity contribution is 7.98. The van der Waals surface area contributed by atoms with Gasteiger partial charge in [-0.2, -0.15) is 11.8 Å². The summed E-state index contributed by atoms with van der Waals surface area (Å²) in [6.45, 7) is 4.56. The van der Waals surface area contributed by atoms with E-state index in [1.54, 1.807) is 7.05 Å². The second kappa shape index (κ2) is 7.99. The summed E-state index contributed by atoms with van der Waals surface area (Å²) in [5.74, 6) is 1.30. The summed E-state index contributed by atoms with van der Waals surface area (Å²) < 4.78 is 0. The molecule has 3 nitrogen and oxygen atoms in total. The van der Waals surface area contributed by atoms with Crippen LogP contribution in [-0.2, 0) is 4.79 Å². The van der Waals surface area contributed by atoms with Crippen molar-refractivity contribution in [1.29, 1.82) is 0 Å². The third kappa shape index (κ3) is 6.79. The molecule has 0 heterocycles. The lowest BCUT2D eigenvalue weighted by Gasteiger charge is -2.22. The molecule has 15 heavy (non-hydrogen) atoms. The Morgan fingerprint density at radius 2 is 1.93 bits per heavy atom. The number of thioether (sulfide) groups is 1. The molecule has 0 saturated heterocycles. The van der Waals surface area contributed by atoms with Gasteiger partial charge in [0.25, 0.3) is 0 Å². The fourth-order valence-electron chi connectivity index (χ4n) is 1.08. The molecule has 0 unspecified atom stereocenters. The lowest BCUT2D eigenvalue weighted by molar-refractivity contribution is -0.126. The standard InChI is InChI=1S/C11H24N2OS/c1-11(2,12-3)10(14)13-8-6-5-7-9-15-4/h12H,5-9H2,1-4H3,(H,13,14). The van der Waals surface area contributed by atoms with Gasteiger partial charge in [-0.3, -0.25) is 4.79 Å². The van der Waals surface area contributed by atoms with Crippen LogP contribution in [-0.4, -0.2) is 37.0 Å². The van der Waals surface area contributed by atoms with Gasteiger partial charge in [0.15, 0.2) is 0 Å². The van der Waals surface area contributed by atoms with Gasteiger partial charge < -0.3 is 10.6 Å². The van der Waals surface area contributed by atoms with Gasteiger partial charge in [0, 0.05) is 6.54 Å². The van der Waals surface area contributed by atoms with Crippen LogP contribution in [0.3, 0.4) is 0 Å². The molecule has 1 amide bonds. The molecule has 0 aromatic rings. The van der Waals surface area contributed by atoms with Crippen molar-refractivity contribution >= 4 is 17.7 Å². The van der Waals surface area contributed by atoms with E-state index in [-0.39, 0.29) is 5.91 Å². The Bertz CT molecular complexity index is 183. The van der Waals surface area contributed by atoms with Crippen molar-refractivity contribution in [3.8, 4) is 0 Å². The fraction of sp³-hybridized carbons (Fsp3) is 0.909. The summed E-state index contributed by atoms with van der Waals surface area (Å²) in [4.78, 5) is 11.6. The topological polar surface area (TPSA) is 41.1 Å². The minimum atomic E-state index is -0.459. The molecule has 0 saturated carbocycles. The van der Waals surface area contributed by atoms with Crippen molar-refractivity contribution in [2.45, 2.75) is 38.6 Å². The monoisotopic (exact) mass is 232 g/mol. The molecule has 0 bridgehead atoms. The van der Waals surface area contributed by atoms with Gasteiger partial charge in [-0.25, -0.2) is 0 Å². The highest BCUT2D eigenvalue weighted by atomic mass is 32.2. The molecular formula is C11H24N2OS. The van der Waals surface area contributed by atoms with Gasteiger partial charge in [-0.15, -0.1) is 0 Å². The Kier molecular flexibility index (Phi) is 7.88. The summed E-state index contributed by atoms with van der Waals surface area (Å²) in [5, 5.41) is 5.93. The fourth-order valence-corrected chi connectivity index (χ4v) is 1.58. The number of hydrogen-bond donors (Lipinski definition) is 2. The lowest BCUT2D eigenvalue weighted by Crippen LogP contribution is -2.51. The van der Waals surface area contributed by atoms with Crippen LogP contribution >= 0.6 is 11.8 Å². The quantitative estimate of drug-likeness (QED) is 0.625. The van der Waals surface area contributed by atoms with E-state index in [4.69, 9.17) is 0 Å². The lowest BCUT2D eigenvalue weighted by atomic mass is 10.1. The van der Waals surface area contributed by atoms with E-state index in [0.29, 0.717) is 0 Å². The van der Waals surface area contributed by atoms with Crippen molar-refractivity contribution in [2.75, 3.05) is 25.6 Å². The molecule has 0 aliphatic heterocycles. The summed E-state index contributed by atoms with van der Waals surface area (Å²) in [6, 6.07) is 0. The normalized spacial score (nSPS) is 11.5. The van der Waals surface area contributed by atoms with Gasteiger partial charge in [0.05, 0.1) is 5.54 Å². The van der Waals surface area contributed by atoms with Gasteiger partial charge >= 0.3 is 0 Å². The van der Waals surface area contributed by atoms with Crippen LogP contribution in [0, 0.1) is 0 Å². The predicted octanol–water partition coefficient (Wildman–Crippen LogP) is 1.63. The molecule has 0 spiro atoms. The van der Waals surface area contributed by atoms with Crippen molar-refractivity contribution < 1.29 is 4.79 Å². The number of unbranched alkanes of at least 4 members (excludes halogenated alkanes) is 2. The van der Waals surface area contributed by atoms with Gasteiger partial charge in [0.2, 0.25) is 5.91 Å². The van der Waals surface area contributed by atoms with E-state index in [1.807, 2.05) is 25.6 Å². The van der Waals surface area contributed by atoms with E-state index < -0.39 is 5.54 Å². The first-order valence-electron chi connectivity index (χ1n) is 5.50. The van der Waals surface area contributed by atoms with E-state index in [0.717, 1.165) is 13.0 Å². The second-order valence-corrected chi connectivity index (χ2v) is 5.17. The van der Waals surface area contributed by atoms with Crippen LogP contribution in [0.4, 0.5) is 0 Å². The van der Waals surface area contributed by atoms with E-state index >= 15 is 0 Å². The maximum atomic E-state index is 11.6. The van der Waals surface area contributed by atoms with Gasteiger partial charge in [0.1, 0.15) is 0 Å². The first-order chi connectivity index (χ1) is 7.04. The third-order valence-electron chi connectivity index (χ3n) is 2.50. The SMILES string of the molecule is CNC(C)(C)C(=O)NCCCCCSC. The van der Waals surface area contributed by atoms with E-state index in [9.17, 15) is 4.79 Å². The minimum Gasteiger partial charge on any atom is -0.355 e. The number of amides is 1. The third-order valence-corrected chi connectivity index (χ3v) is 3.20. The molecule has 0 fully saturated rings. The Balaban J connectivity index is 3.47. The molecule has 4 heteroatoms. The predicted molar refractivity (Wildman–Crippen MR) is 68.4 cm³/mol. The molecule has 0 aromatic carbocycles. The van der Waals surface area contributed by atoms with Crippen LogP contribution < -0.4 is 10.6 Å². The zero-order chi connectivity index (χ0) is 11.7. The highest BCUT2D eigenvalue weighted by Crippen LogP contribution is 2.03. The van der Waals surface area contributed by atoms with Crippen LogP contribution in [0.25, 0.3) is 0 Å². The van der Waals surface area contributed by atoms with Gasteiger partial charge in [-0.1, -0.05) is 6.42 Å². The number of nitrogens with one attached hydrogen (secondary N) is 2. The average Bonchev–Trinajstić information content (AvgIpc) is 2.22. The minimum absolute atomic E-state index is 0.0786. The first kappa shape index (κ1) is 14.8. The van der Waals surface area contributed by atoms with Crippen molar-refractivity contribution in [3.63, 3.8) is 0 Å². The van der Waals surface area contributed by atoms with E-state index in [2.05, 4.69) is 16.9 Å². The average molecular weight is 232 g/mol. The van der Waals surface area contributed by atoms with Crippen LogP contribution in [0.5, 0.6) is 0 Å². The Morgan fingerprint density at radius 3 is 2.47 bits per heavy atom. The molecule has 0 aliphatic carbocycles. The molecule has 0 aromatic heterocycles. The van der Waals surface area contributed by atoms with Crippen LogP contribution in [0.1, 0.15) is 33.1 Å². The first-order valence-corrected chi connectivity index (χ1v) is 6.90. The molecule has 90 valence electrons. The number of hydrogen-bond acceptors (Lipinski definition) is 3. The van der Waals surface area contributed by atoms with Crippen molar-refractivity contribution in [2.24, 2.45) is 0 Å². The number of carbonyl (C=O) groups is 1. The number of carbonyl (C=O) groups excluding carboxylic acids is 1. The van der Waals surface area contributed by atoms with Crippen LogP contribution in [0.15, 0.2) is 0 Å². The molecule has 2 N–H and O–H groups in total. The summed E-state index contributed by atoms with van der Waals surface area (Å²) in [7, 11) is 1.80. The second-order valence-electron chi connectivity index (χ2n) is 4.18. The Morgan fingerprint density at radius 1 is 1.27 bits per heavy atom. The van der Waals surface area contributed by atoms with Crippen molar-refractivity contribution in [3.05, 3.63) is 0 Å². The summed E-state index contributed by atoms with van der Waals surface area (Å²) >= 11 is 1.88. The number of likely N-dealkylation sites (N-methyl/N-ethyl adjacent to an activating group) is 1. The zero-order valence-electron chi connectivity index (χ0n) is 10.4. The molecule has 0 rings (SSSR count). The summed E-state index contributed by atoms with van der Waals surface area (Å²) in [5.41, 5.74) is -0.459. The largest absolute Gasteiger partial charge is 0.355 e. The maximum Gasteiger partial charge on any atom is 0.239 e. The Labute approximate surface area is 97.8 Å². The van der Waals surface area contributed by atoms with Crippen molar-refractivity contribution in [1.82, 2.24) is 10.6 Å². The molecule has 0 radical (unpaired) electrons. The smallest absolute Gasteiger partial charge is 0.239 e. The van der Waals surface area contributed by atoms with Crippen LogP contribution in [0.2, 0.25) is 0 Å². The highest BCUT2D eigenvalue weighted by Gasteiger charge is 2.24. The Hall–Kier alpha value is -0.220. The zero-order valence-corrected chi connectivity index (χ0v) is 11.2. The van der Waals surface area contributed by atoms with E-state index in [1.165, 1.54) is 18.6 Å².